The summed E-state index contributed by atoms with van der Waals surface area (Å²) in [6.45, 7) is 10.9. The fourth-order valence-corrected chi connectivity index (χ4v) is 2.07. The van der Waals surface area contributed by atoms with E-state index in [9.17, 15) is 5.11 Å². The van der Waals surface area contributed by atoms with Crippen molar-refractivity contribution in [2.75, 3.05) is 19.7 Å². The van der Waals surface area contributed by atoms with Gasteiger partial charge >= 0.3 is 0 Å². The Hall–Kier alpha value is -0.860. The van der Waals surface area contributed by atoms with Gasteiger partial charge in [-0.25, -0.2) is 0 Å². The van der Waals surface area contributed by atoms with Crippen LogP contribution in [0, 0.1) is 11.8 Å². The van der Waals surface area contributed by atoms with E-state index in [2.05, 4.69) is 57.3 Å². The topological polar surface area (TPSA) is 32.3 Å². The summed E-state index contributed by atoms with van der Waals surface area (Å²) >= 11 is 0. The summed E-state index contributed by atoms with van der Waals surface area (Å²) in [5.74, 6) is 0.860. The molecule has 1 rings (SSSR count). The minimum absolute atomic E-state index is 0.123. The first-order valence-electron chi connectivity index (χ1n) is 6.84. The molecule has 0 aliphatic heterocycles. The second kappa shape index (κ2) is 6.91. The SMILES string of the molecule is CC(C)C(CO)CNCC(C)(C)c1ccccc1. The van der Waals surface area contributed by atoms with Crippen LogP contribution in [0.15, 0.2) is 30.3 Å². The van der Waals surface area contributed by atoms with E-state index in [4.69, 9.17) is 0 Å². The molecule has 1 aromatic rings. The molecule has 0 bridgehead atoms. The molecule has 1 aromatic carbocycles. The van der Waals surface area contributed by atoms with Crippen LogP contribution >= 0.6 is 0 Å². The van der Waals surface area contributed by atoms with Crippen LogP contribution in [0.3, 0.4) is 0 Å². The summed E-state index contributed by atoms with van der Waals surface area (Å²) in [4.78, 5) is 0. The van der Waals surface area contributed by atoms with Crippen molar-refractivity contribution in [3.8, 4) is 0 Å². The van der Waals surface area contributed by atoms with Crippen LogP contribution in [0.1, 0.15) is 33.3 Å². The van der Waals surface area contributed by atoms with E-state index >= 15 is 0 Å². The molecule has 2 N–H and O–H groups in total. The monoisotopic (exact) mass is 249 g/mol. The van der Waals surface area contributed by atoms with Gasteiger partial charge in [-0.2, -0.15) is 0 Å². The molecular formula is C16H27NO. The highest BCUT2D eigenvalue weighted by Crippen LogP contribution is 2.21. The van der Waals surface area contributed by atoms with Gasteiger partial charge in [0.25, 0.3) is 0 Å². The lowest BCUT2D eigenvalue weighted by Crippen LogP contribution is -2.37. The molecule has 0 heterocycles. The highest BCUT2D eigenvalue weighted by Gasteiger charge is 2.20. The highest BCUT2D eigenvalue weighted by atomic mass is 16.3. The van der Waals surface area contributed by atoms with Gasteiger partial charge in [0.1, 0.15) is 0 Å². The smallest absolute Gasteiger partial charge is 0.0473 e. The predicted molar refractivity (Wildman–Crippen MR) is 77.8 cm³/mol. The fourth-order valence-electron chi connectivity index (χ4n) is 2.07. The van der Waals surface area contributed by atoms with E-state index in [1.807, 2.05) is 6.07 Å². The molecule has 0 aliphatic rings. The molecule has 0 aliphatic carbocycles. The van der Waals surface area contributed by atoms with Gasteiger partial charge in [-0.15, -0.1) is 0 Å². The van der Waals surface area contributed by atoms with Gasteiger partial charge < -0.3 is 10.4 Å². The van der Waals surface area contributed by atoms with Crippen LogP contribution in [0.5, 0.6) is 0 Å². The Morgan fingerprint density at radius 2 is 1.78 bits per heavy atom. The Morgan fingerprint density at radius 3 is 2.28 bits per heavy atom. The van der Waals surface area contributed by atoms with Crippen molar-refractivity contribution in [2.24, 2.45) is 11.8 Å². The number of hydrogen-bond acceptors (Lipinski definition) is 2. The normalized spacial score (nSPS) is 13.9. The summed E-state index contributed by atoms with van der Waals surface area (Å²) in [5.41, 5.74) is 1.47. The first-order valence-corrected chi connectivity index (χ1v) is 6.84. The zero-order valence-corrected chi connectivity index (χ0v) is 12.1. The number of nitrogens with one attached hydrogen (secondary N) is 1. The Balaban J connectivity index is 2.47. The lowest BCUT2D eigenvalue weighted by atomic mass is 9.84. The number of aliphatic hydroxyl groups excluding tert-OH is 1. The lowest BCUT2D eigenvalue weighted by Gasteiger charge is -2.27. The third-order valence-electron chi connectivity index (χ3n) is 3.71. The lowest BCUT2D eigenvalue weighted by molar-refractivity contribution is 0.184. The molecule has 0 saturated carbocycles. The minimum atomic E-state index is 0.123. The molecule has 102 valence electrons. The number of aliphatic hydroxyl groups is 1. The number of hydrogen-bond donors (Lipinski definition) is 2. The highest BCUT2D eigenvalue weighted by molar-refractivity contribution is 5.23. The molecule has 0 spiro atoms. The second-order valence-corrected chi connectivity index (χ2v) is 6.07. The summed E-state index contributed by atoms with van der Waals surface area (Å²) in [6, 6.07) is 10.6. The maximum absolute atomic E-state index is 9.30. The van der Waals surface area contributed by atoms with Gasteiger partial charge in [-0.05, 0) is 17.4 Å². The summed E-state index contributed by atoms with van der Waals surface area (Å²) in [6.07, 6.45) is 0. The van der Waals surface area contributed by atoms with Crippen molar-refractivity contribution in [3.05, 3.63) is 35.9 Å². The van der Waals surface area contributed by atoms with E-state index < -0.39 is 0 Å². The zero-order valence-electron chi connectivity index (χ0n) is 12.1. The van der Waals surface area contributed by atoms with Crippen LogP contribution in [0.2, 0.25) is 0 Å². The van der Waals surface area contributed by atoms with Crippen LogP contribution in [0.25, 0.3) is 0 Å². The molecular weight excluding hydrogens is 222 g/mol. The molecule has 1 atom stereocenters. The molecule has 0 fully saturated rings. The van der Waals surface area contributed by atoms with E-state index in [0.29, 0.717) is 11.8 Å². The van der Waals surface area contributed by atoms with Gasteiger partial charge in [-0.1, -0.05) is 58.0 Å². The molecule has 1 unspecified atom stereocenters. The van der Waals surface area contributed by atoms with Crippen molar-refractivity contribution >= 4 is 0 Å². The van der Waals surface area contributed by atoms with Gasteiger partial charge in [0.15, 0.2) is 0 Å². The Morgan fingerprint density at radius 1 is 1.17 bits per heavy atom. The number of benzene rings is 1. The fraction of sp³-hybridized carbons (Fsp3) is 0.625. The quantitative estimate of drug-likeness (QED) is 0.779. The van der Waals surface area contributed by atoms with E-state index in [-0.39, 0.29) is 12.0 Å². The van der Waals surface area contributed by atoms with Crippen molar-refractivity contribution in [1.29, 1.82) is 0 Å². The van der Waals surface area contributed by atoms with E-state index in [1.54, 1.807) is 0 Å². The maximum Gasteiger partial charge on any atom is 0.0473 e. The predicted octanol–water partition coefficient (Wildman–Crippen LogP) is 2.82. The zero-order chi connectivity index (χ0) is 13.6. The van der Waals surface area contributed by atoms with Crippen molar-refractivity contribution < 1.29 is 5.11 Å². The molecule has 0 amide bonds. The minimum Gasteiger partial charge on any atom is -0.396 e. The third-order valence-corrected chi connectivity index (χ3v) is 3.71. The average Bonchev–Trinajstić information content (AvgIpc) is 2.35. The molecule has 0 aromatic heterocycles. The Labute approximate surface area is 111 Å². The summed E-state index contributed by atoms with van der Waals surface area (Å²) in [5, 5.41) is 12.8. The van der Waals surface area contributed by atoms with Crippen LogP contribution in [-0.4, -0.2) is 24.8 Å². The summed E-state index contributed by atoms with van der Waals surface area (Å²) in [7, 11) is 0. The van der Waals surface area contributed by atoms with Gasteiger partial charge in [0.05, 0.1) is 0 Å². The van der Waals surface area contributed by atoms with Crippen LogP contribution < -0.4 is 5.32 Å². The average molecular weight is 249 g/mol. The van der Waals surface area contributed by atoms with E-state index in [1.165, 1.54) is 5.56 Å². The third kappa shape index (κ3) is 4.43. The van der Waals surface area contributed by atoms with Gasteiger partial charge in [0.2, 0.25) is 0 Å². The van der Waals surface area contributed by atoms with Gasteiger partial charge in [0, 0.05) is 25.1 Å². The largest absolute Gasteiger partial charge is 0.396 e. The van der Waals surface area contributed by atoms with Crippen LogP contribution in [0.4, 0.5) is 0 Å². The maximum atomic E-state index is 9.30. The molecule has 2 heteroatoms. The van der Waals surface area contributed by atoms with E-state index in [0.717, 1.165) is 13.1 Å². The van der Waals surface area contributed by atoms with Crippen molar-refractivity contribution in [3.63, 3.8) is 0 Å². The standard InChI is InChI=1S/C16H27NO/c1-13(2)14(11-18)10-17-12-16(3,4)15-8-6-5-7-9-15/h5-9,13-14,17-18H,10-12H2,1-4H3. The van der Waals surface area contributed by atoms with Crippen molar-refractivity contribution in [2.45, 2.75) is 33.1 Å². The molecule has 0 saturated heterocycles. The van der Waals surface area contributed by atoms with Gasteiger partial charge in [-0.3, -0.25) is 0 Å². The molecule has 0 radical (unpaired) electrons. The summed E-state index contributed by atoms with van der Waals surface area (Å²) < 4.78 is 0. The van der Waals surface area contributed by atoms with Crippen LogP contribution in [-0.2, 0) is 5.41 Å². The number of rotatable bonds is 7. The molecule has 18 heavy (non-hydrogen) atoms. The molecule has 2 nitrogen and oxygen atoms in total. The Kier molecular flexibility index (Phi) is 5.83. The second-order valence-electron chi connectivity index (χ2n) is 6.07. The first kappa shape index (κ1) is 15.2. The first-order chi connectivity index (χ1) is 8.47. The Bertz CT molecular complexity index is 332. The van der Waals surface area contributed by atoms with Crippen molar-refractivity contribution in [1.82, 2.24) is 5.32 Å².